The zero-order valence-corrected chi connectivity index (χ0v) is 16.5. The van der Waals surface area contributed by atoms with Crippen LogP contribution in [0.4, 0.5) is 4.79 Å². The number of fused-ring (bicyclic) bond motifs is 1. The van der Waals surface area contributed by atoms with Crippen LogP contribution in [0.5, 0.6) is 5.75 Å². The van der Waals surface area contributed by atoms with Gasteiger partial charge in [0.2, 0.25) is 5.91 Å². The van der Waals surface area contributed by atoms with E-state index in [9.17, 15) is 20.0 Å². The predicted molar refractivity (Wildman–Crippen MR) is 102 cm³/mol. The van der Waals surface area contributed by atoms with Crippen LogP contribution in [0.15, 0.2) is 24.3 Å². The van der Waals surface area contributed by atoms with Crippen molar-refractivity contribution < 1.29 is 19.4 Å². The van der Waals surface area contributed by atoms with Gasteiger partial charge < -0.3 is 20.1 Å². The fraction of sp³-hybridized carbons (Fsp3) is 0.571. The van der Waals surface area contributed by atoms with Gasteiger partial charge in [-0.05, 0) is 63.6 Å². The van der Waals surface area contributed by atoms with E-state index in [1.165, 1.54) is 0 Å². The monoisotopic (exact) mass is 385 g/mol. The lowest BCUT2D eigenvalue weighted by atomic mass is 9.80. The van der Waals surface area contributed by atoms with E-state index in [0.717, 1.165) is 18.4 Å². The molecule has 2 N–H and O–H groups in total. The van der Waals surface area contributed by atoms with Gasteiger partial charge in [0.25, 0.3) is 0 Å². The molecular formula is C21H27N3O4. The number of phenols is 1. The molecule has 150 valence electrons. The summed E-state index contributed by atoms with van der Waals surface area (Å²) in [7, 11) is 0. The van der Waals surface area contributed by atoms with Crippen LogP contribution in [0.3, 0.4) is 0 Å². The van der Waals surface area contributed by atoms with Crippen LogP contribution >= 0.6 is 0 Å². The maximum absolute atomic E-state index is 13.3. The van der Waals surface area contributed by atoms with Gasteiger partial charge in [-0.1, -0.05) is 12.1 Å². The quantitative estimate of drug-likeness (QED) is 0.830. The molecule has 0 bridgehead atoms. The molecule has 0 radical (unpaired) electrons. The molecule has 1 aliphatic heterocycles. The predicted octanol–water partition coefficient (Wildman–Crippen LogP) is 2.73. The Morgan fingerprint density at radius 2 is 2.00 bits per heavy atom. The molecule has 0 aromatic heterocycles. The van der Waals surface area contributed by atoms with Gasteiger partial charge in [-0.25, -0.2) is 4.79 Å². The minimum Gasteiger partial charge on any atom is -0.508 e. The van der Waals surface area contributed by atoms with E-state index in [1.54, 1.807) is 49.9 Å². The third-order valence-corrected chi connectivity index (χ3v) is 5.37. The summed E-state index contributed by atoms with van der Waals surface area (Å²) < 4.78 is 5.33. The van der Waals surface area contributed by atoms with E-state index in [-0.39, 0.29) is 24.1 Å². The SMILES string of the molecule is CC(C)(C)OC(=O)NC(Cc1ccc(O)cc1)C(=O)N1C(C#N)C[C@@H]2CCC21. The average molecular weight is 385 g/mol. The number of alkyl carbamates (subject to hydrolysis) is 1. The molecule has 1 aromatic rings. The number of nitrogens with one attached hydrogen (secondary N) is 1. The Balaban J connectivity index is 1.80. The number of benzene rings is 1. The van der Waals surface area contributed by atoms with Crippen LogP contribution in [0.1, 0.15) is 45.6 Å². The lowest BCUT2D eigenvalue weighted by Gasteiger charge is -2.38. The minimum absolute atomic E-state index is 0.0832. The van der Waals surface area contributed by atoms with E-state index in [0.29, 0.717) is 12.3 Å². The van der Waals surface area contributed by atoms with Gasteiger partial charge in [0.05, 0.1) is 6.07 Å². The molecule has 4 atom stereocenters. The molecule has 7 nitrogen and oxygen atoms in total. The summed E-state index contributed by atoms with van der Waals surface area (Å²) in [6.45, 7) is 5.28. The van der Waals surface area contributed by atoms with Crippen molar-refractivity contribution >= 4 is 12.0 Å². The summed E-state index contributed by atoms with van der Waals surface area (Å²) in [4.78, 5) is 27.3. The van der Waals surface area contributed by atoms with Crippen LogP contribution in [0, 0.1) is 17.2 Å². The minimum atomic E-state index is -0.838. The van der Waals surface area contributed by atoms with E-state index in [2.05, 4.69) is 11.4 Å². The molecule has 1 saturated carbocycles. The average Bonchev–Trinajstić information content (AvgIpc) is 2.84. The van der Waals surface area contributed by atoms with Crippen LogP contribution in [-0.4, -0.2) is 45.7 Å². The number of ether oxygens (including phenoxy) is 1. The number of carbonyl (C=O) groups is 2. The summed E-state index contributed by atoms with van der Waals surface area (Å²) in [5, 5.41) is 21.7. The van der Waals surface area contributed by atoms with Crippen LogP contribution in [-0.2, 0) is 16.0 Å². The molecule has 3 rings (SSSR count). The maximum Gasteiger partial charge on any atom is 0.408 e. The molecule has 1 aliphatic carbocycles. The van der Waals surface area contributed by atoms with Crippen molar-refractivity contribution in [1.82, 2.24) is 10.2 Å². The first kappa shape index (κ1) is 20.0. The third kappa shape index (κ3) is 4.38. The number of hydrogen-bond acceptors (Lipinski definition) is 5. The number of amides is 2. The molecule has 1 saturated heterocycles. The van der Waals surface area contributed by atoms with Gasteiger partial charge in [0.15, 0.2) is 0 Å². The van der Waals surface area contributed by atoms with Crippen molar-refractivity contribution in [3.63, 3.8) is 0 Å². The number of nitrogens with zero attached hydrogens (tertiary/aromatic N) is 2. The second kappa shape index (κ2) is 7.70. The fourth-order valence-electron chi connectivity index (χ4n) is 3.95. The summed E-state index contributed by atoms with van der Waals surface area (Å²) in [5.41, 5.74) is 0.114. The van der Waals surface area contributed by atoms with Gasteiger partial charge in [-0.2, -0.15) is 5.26 Å². The zero-order chi connectivity index (χ0) is 20.5. The Kier molecular flexibility index (Phi) is 5.50. The number of phenolic OH excluding ortho intramolecular Hbond substituents is 1. The summed E-state index contributed by atoms with van der Waals surface area (Å²) >= 11 is 0. The normalized spacial score (nSPS) is 24.5. The highest BCUT2D eigenvalue weighted by Crippen LogP contribution is 2.43. The van der Waals surface area contributed by atoms with Crippen LogP contribution < -0.4 is 5.32 Å². The zero-order valence-electron chi connectivity index (χ0n) is 16.5. The number of likely N-dealkylation sites (tertiary alicyclic amines) is 1. The highest BCUT2D eigenvalue weighted by Gasteiger charge is 2.50. The molecule has 7 heteroatoms. The smallest absolute Gasteiger partial charge is 0.408 e. The van der Waals surface area contributed by atoms with Crippen LogP contribution in [0.25, 0.3) is 0 Å². The topological polar surface area (TPSA) is 103 Å². The largest absolute Gasteiger partial charge is 0.508 e. The van der Waals surface area contributed by atoms with Crippen LogP contribution in [0.2, 0.25) is 0 Å². The Morgan fingerprint density at radius 3 is 2.54 bits per heavy atom. The number of nitriles is 1. The van der Waals surface area contributed by atoms with E-state index in [4.69, 9.17) is 4.74 Å². The highest BCUT2D eigenvalue weighted by molar-refractivity contribution is 5.87. The molecule has 3 unspecified atom stereocenters. The summed E-state index contributed by atoms with van der Waals surface area (Å²) in [6.07, 6.45) is 2.22. The van der Waals surface area contributed by atoms with Gasteiger partial charge in [0.1, 0.15) is 23.4 Å². The lowest BCUT2D eigenvalue weighted by molar-refractivity contribution is -0.137. The van der Waals surface area contributed by atoms with Crippen molar-refractivity contribution in [3.8, 4) is 11.8 Å². The third-order valence-electron chi connectivity index (χ3n) is 5.37. The van der Waals surface area contributed by atoms with E-state index >= 15 is 0 Å². The fourth-order valence-corrected chi connectivity index (χ4v) is 3.95. The number of rotatable bonds is 4. The summed E-state index contributed by atoms with van der Waals surface area (Å²) in [6, 6.07) is 7.54. The lowest BCUT2D eigenvalue weighted by Crippen LogP contribution is -2.55. The summed E-state index contributed by atoms with van der Waals surface area (Å²) in [5.74, 6) is 0.259. The first-order valence-corrected chi connectivity index (χ1v) is 9.67. The van der Waals surface area contributed by atoms with Crippen molar-refractivity contribution in [2.45, 2.75) is 70.2 Å². The Bertz CT molecular complexity index is 778. The second-order valence-electron chi connectivity index (χ2n) is 8.60. The number of hydrogen-bond donors (Lipinski definition) is 2. The second-order valence-corrected chi connectivity index (χ2v) is 8.60. The maximum atomic E-state index is 13.3. The standard InChI is InChI=1S/C21H27N3O4/c1-21(2,3)28-20(27)23-17(10-13-4-7-16(25)8-5-13)19(26)24-15(12-22)11-14-6-9-18(14)24/h4-5,7-8,14-15,17-18,25H,6,9-11H2,1-3H3,(H,23,27)/t14-,15?,17?,18?/m0/s1. The number of aromatic hydroxyl groups is 1. The molecule has 2 aliphatic rings. The molecule has 2 fully saturated rings. The molecule has 1 aromatic carbocycles. The van der Waals surface area contributed by atoms with Gasteiger partial charge >= 0.3 is 6.09 Å². The first-order valence-electron chi connectivity index (χ1n) is 9.67. The Labute approximate surface area is 165 Å². The van der Waals surface area contributed by atoms with Gasteiger partial charge in [-0.15, -0.1) is 0 Å². The highest BCUT2D eigenvalue weighted by atomic mass is 16.6. The molecule has 2 amide bonds. The van der Waals surface area contributed by atoms with E-state index in [1.807, 2.05) is 0 Å². The number of carbonyl (C=O) groups excluding carboxylic acids is 2. The van der Waals surface area contributed by atoms with Crippen molar-refractivity contribution in [3.05, 3.63) is 29.8 Å². The molecule has 1 heterocycles. The Morgan fingerprint density at radius 1 is 1.32 bits per heavy atom. The molecular weight excluding hydrogens is 358 g/mol. The van der Waals surface area contributed by atoms with Crippen molar-refractivity contribution in [1.29, 1.82) is 5.26 Å². The molecule has 0 spiro atoms. The van der Waals surface area contributed by atoms with E-state index < -0.39 is 23.8 Å². The van der Waals surface area contributed by atoms with Gasteiger partial charge in [0, 0.05) is 12.5 Å². The van der Waals surface area contributed by atoms with Gasteiger partial charge in [-0.3, -0.25) is 4.79 Å². The van der Waals surface area contributed by atoms with Crippen molar-refractivity contribution in [2.75, 3.05) is 0 Å². The van der Waals surface area contributed by atoms with Crippen molar-refractivity contribution in [2.24, 2.45) is 5.92 Å². The first-order chi connectivity index (χ1) is 13.2. The molecule has 28 heavy (non-hydrogen) atoms. The Hall–Kier alpha value is -2.75.